The van der Waals surface area contributed by atoms with Crippen molar-refractivity contribution in [2.24, 2.45) is 0 Å². The van der Waals surface area contributed by atoms with Crippen LogP contribution in [0.25, 0.3) is 11.1 Å². The summed E-state index contributed by atoms with van der Waals surface area (Å²) in [6.07, 6.45) is 5.77. The number of rotatable bonds is 3. The number of hydrogen-bond donors (Lipinski definition) is 0. The molecule has 3 heteroatoms. The fraction of sp³-hybridized carbons (Fsp3) is 0.231. The Labute approximate surface area is 100 Å². The zero-order valence-electron chi connectivity index (χ0n) is 9.15. The van der Waals surface area contributed by atoms with Gasteiger partial charge in [-0.1, -0.05) is 37.6 Å². The lowest BCUT2D eigenvalue weighted by molar-refractivity contribution is 0.922. The fourth-order valence-corrected chi connectivity index (χ4v) is 1.71. The Bertz CT molecular complexity index is 448. The third kappa shape index (κ3) is 2.58. The van der Waals surface area contributed by atoms with E-state index in [0.717, 1.165) is 17.5 Å². The van der Waals surface area contributed by atoms with Crippen molar-refractivity contribution in [1.29, 1.82) is 0 Å². The van der Waals surface area contributed by atoms with Crippen LogP contribution in [0.5, 0.6) is 0 Å². The molecule has 0 unspecified atom stereocenters. The van der Waals surface area contributed by atoms with Crippen molar-refractivity contribution in [3.63, 3.8) is 0 Å². The zero-order chi connectivity index (χ0) is 11.4. The lowest BCUT2D eigenvalue weighted by Crippen LogP contribution is -1.86. The Balaban J connectivity index is 2.24. The minimum Gasteiger partial charge on any atom is -0.226 e. The van der Waals surface area contributed by atoms with Gasteiger partial charge < -0.3 is 0 Å². The molecule has 0 amide bonds. The minimum atomic E-state index is 0.284. The molecule has 0 saturated heterocycles. The van der Waals surface area contributed by atoms with Gasteiger partial charge in [-0.25, -0.2) is 9.97 Å². The maximum Gasteiger partial charge on any atom is 0.222 e. The van der Waals surface area contributed by atoms with Crippen molar-refractivity contribution < 1.29 is 0 Å². The van der Waals surface area contributed by atoms with E-state index in [0.29, 0.717) is 0 Å². The van der Waals surface area contributed by atoms with Crippen LogP contribution in [0.15, 0.2) is 36.7 Å². The Morgan fingerprint density at radius 3 is 2.19 bits per heavy atom. The van der Waals surface area contributed by atoms with E-state index in [9.17, 15) is 0 Å². The number of hydrogen-bond acceptors (Lipinski definition) is 2. The molecule has 2 nitrogen and oxygen atoms in total. The van der Waals surface area contributed by atoms with E-state index in [4.69, 9.17) is 11.6 Å². The van der Waals surface area contributed by atoms with Crippen LogP contribution in [0.4, 0.5) is 0 Å². The van der Waals surface area contributed by atoms with Crippen LogP contribution in [-0.4, -0.2) is 9.97 Å². The molecule has 0 radical (unpaired) electrons. The van der Waals surface area contributed by atoms with Crippen LogP contribution >= 0.6 is 11.6 Å². The summed E-state index contributed by atoms with van der Waals surface area (Å²) in [7, 11) is 0. The van der Waals surface area contributed by atoms with Crippen molar-refractivity contribution in [1.82, 2.24) is 9.97 Å². The number of aromatic nitrogens is 2. The van der Waals surface area contributed by atoms with Crippen molar-refractivity contribution in [3.05, 3.63) is 47.5 Å². The Morgan fingerprint density at radius 1 is 1.00 bits per heavy atom. The molecular weight excluding hydrogens is 220 g/mol. The molecule has 0 aliphatic heterocycles. The summed E-state index contributed by atoms with van der Waals surface area (Å²) >= 11 is 5.64. The van der Waals surface area contributed by atoms with Crippen LogP contribution in [0.1, 0.15) is 18.9 Å². The second kappa shape index (κ2) is 5.08. The van der Waals surface area contributed by atoms with Gasteiger partial charge in [-0.15, -0.1) is 0 Å². The maximum atomic E-state index is 5.64. The molecule has 2 rings (SSSR count). The highest BCUT2D eigenvalue weighted by Gasteiger charge is 1.99. The van der Waals surface area contributed by atoms with Crippen molar-refractivity contribution >= 4 is 11.6 Å². The van der Waals surface area contributed by atoms with E-state index >= 15 is 0 Å². The molecule has 0 N–H and O–H groups in total. The average Bonchev–Trinajstić information content (AvgIpc) is 2.32. The molecular formula is C13H13ClN2. The summed E-state index contributed by atoms with van der Waals surface area (Å²) in [5, 5.41) is 0.284. The average molecular weight is 233 g/mol. The Hall–Kier alpha value is -1.41. The largest absolute Gasteiger partial charge is 0.226 e. The van der Waals surface area contributed by atoms with Crippen LogP contribution < -0.4 is 0 Å². The molecule has 1 aromatic carbocycles. The summed E-state index contributed by atoms with van der Waals surface area (Å²) in [6.45, 7) is 2.18. The predicted molar refractivity (Wildman–Crippen MR) is 66.5 cm³/mol. The van der Waals surface area contributed by atoms with Crippen LogP contribution in [0, 0.1) is 0 Å². The molecule has 0 fully saturated rings. The van der Waals surface area contributed by atoms with E-state index in [-0.39, 0.29) is 5.28 Å². The van der Waals surface area contributed by atoms with E-state index in [1.807, 2.05) is 0 Å². The highest BCUT2D eigenvalue weighted by molar-refractivity contribution is 6.28. The number of aryl methyl sites for hydroxylation is 1. The molecule has 0 atom stereocenters. The second-order valence-electron chi connectivity index (χ2n) is 3.69. The highest BCUT2D eigenvalue weighted by atomic mass is 35.5. The first kappa shape index (κ1) is 11.1. The Morgan fingerprint density at radius 2 is 1.62 bits per heavy atom. The van der Waals surface area contributed by atoms with Gasteiger partial charge in [-0.3, -0.25) is 0 Å². The number of halogens is 1. The SMILES string of the molecule is CCCc1ccc(-c2cnc(Cl)nc2)cc1. The number of nitrogens with zero attached hydrogens (tertiary/aromatic N) is 2. The summed E-state index contributed by atoms with van der Waals surface area (Å²) in [5.74, 6) is 0. The van der Waals surface area contributed by atoms with Gasteiger partial charge in [0.25, 0.3) is 0 Å². The standard InChI is InChI=1S/C13H13ClN2/c1-2-3-10-4-6-11(7-5-10)12-8-15-13(14)16-9-12/h4-9H,2-3H2,1H3. The smallest absolute Gasteiger partial charge is 0.222 e. The zero-order valence-corrected chi connectivity index (χ0v) is 9.91. The molecule has 0 spiro atoms. The first-order valence-corrected chi connectivity index (χ1v) is 5.74. The van der Waals surface area contributed by atoms with Gasteiger partial charge >= 0.3 is 0 Å². The van der Waals surface area contributed by atoms with Crippen molar-refractivity contribution in [2.75, 3.05) is 0 Å². The van der Waals surface area contributed by atoms with Gasteiger partial charge in [0.05, 0.1) is 0 Å². The molecule has 0 saturated carbocycles. The van der Waals surface area contributed by atoms with Crippen molar-refractivity contribution in [3.8, 4) is 11.1 Å². The van der Waals surface area contributed by atoms with Gasteiger partial charge in [-0.2, -0.15) is 0 Å². The quantitative estimate of drug-likeness (QED) is 0.754. The van der Waals surface area contributed by atoms with E-state index in [1.54, 1.807) is 12.4 Å². The molecule has 2 aromatic rings. The van der Waals surface area contributed by atoms with Gasteiger partial charge in [0, 0.05) is 18.0 Å². The topological polar surface area (TPSA) is 25.8 Å². The van der Waals surface area contributed by atoms with E-state index in [1.165, 1.54) is 12.0 Å². The highest BCUT2D eigenvalue weighted by Crippen LogP contribution is 2.19. The molecule has 0 bridgehead atoms. The normalized spacial score (nSPS) is 10.4. The molecule has 82 valence electrons. The van der Waals surface area contributed by atoms with Gasteiger partial charge in [-0.05, 0) is 29.1 Å². The van der Waals surface area contributed by atoms with Crippen LogP contribution in [-0.2, 0) is 6.42 Å². The maximum absolute atomic E-state index is 5.64. The first-order chi connectivity index (χ1) is 7.79. The van der Waals surface area contributed by atoms with E-state index < -0.39 is 0 Å². The molecule has 0 aliphatic carbocycles. The Kier molecular flexibility index (Phi) is 3.52. The monoisotopic (exact) mass is 232 g/mol. The lowest BCUT2D eigenvalue weighted by atomic mass is 10.0. The molecule has 0 aliphatic rings. The van der Waals surface area contributed by atoms with Gasteiger partial charge in [0.15, 0.2) is 0 Å². The molecule has 16 heavy (non-hydrogen) atoms. The number of benzene rings is 1. The second-order valence-corrected chi connectivity index (χ2v) is 4.03. The predicted octanol–water partition coefficient (Wildman–Crippen LogP) is 3.75. The minimum absolute atomic E-state index is 0.284. The van der Waals surface area contributed by atoms with Crippen molar-refractivity contribution in [2.45, 2.75) is 19.8 Å². The summed E-state index contributed by atoms with van der Waals surface area (Å²) in [5.41, 5.74) is 3.48. The van der Waals surface area contributed by atoms with Crippen LogP contribution in [0.3, 0.4) is 0 Å². The van der Waals surface area contributed by atoms with Gasteiger partial charge in [0.2, 0.25) is 5.28 Å². The summed E-state index contributed by atoms with van der Waals surface area (Å²) in [6, 6.07) is 8.48. The van der Waals surface area contributed by atoms with Crippen LogP contribution in [0.2, 0.25) is 5.28 Å². The lowest BCUT2D eigenvalue weighted by Gasteiger charge is -2.02. The van der Waals surface area contributed by atoms with E-state index in [2.05, 4.69) is 41.2 Å². The molecule has 1 aromatic heterocycles. The third-order valence-electron chi connectivity index (χ3n) is 2.45. The molecule has 1 heterocycles. The first-order valence-electron chi connectivity index (χ1n) is 5.36. The fourth-order valence-electron chi connectivity index (χ4n) is 1.61. The third-order valence-corrected chi connectivity index (χ3v) is 2.64. The summed E-state index contributed by atoms with van der Waals surface area (Å²) in [4.78, 5) is 7.94. The summed E-state index contributed by atoms with van der Waals surface area (Å²) < 4.78 is 0. The van der Waals surface area contributed by atoms with Gasteiger partial charge in [0.1, 0.15) is 0 Å².